The van der Waals surface area contributed by atoms with E-state index in [9.17, 15) is 4.79 Å². The molecule has 0 aromatic heterocycles. The average molecular weight is 226 g/mol. The van der Waals surface area contributed by atoms with Crippen LogP contribution >= 0.6 is 0 Å². The van der Waals surface area contributed by atoms with Gasteiger partial charge in [-0.2, -0.15) is 0 Å². The van der Waals surface area contributed by atoms with Crippen LogP contribution < -0.4 is 10.6 Å². The Morgan fingerprint density at radius 1 is 1.31 bits per heavy atom. The van der Waals surface area contributed by atoms with Crippen LogP contribution in [0.5, 0.6) is 0 Å². The summed E-state index contributed by atoms with van der Waals surface area (Å²) in [5, 5.41) is 6.19. The van der Waals surface area contributed by atoms with Gasteiger partial charge in [0.2, 0.25) is 5.91 Å². The van der Waals surface area contributed by atoms with Crippen LogP contribution in [0.2, 0.25) is 0 Å². The summed E-state index contributed by atoms with van der Waals surface area (Å²) in [5.74, 6) is 0.160. The molecule has 2 aliphatic rings. The Kier molecular flexibility index (Phi) is 4.60. The highest BCUT2D eigenvalue weighted by molar-refractivity contribution is 5.81. The van der Waals surface area contributed by atoms with Crippen molar-refractivity contribution in [2.45, 2.75) is 50.7 Å². The third-order valence-electron chi connectivity index (χ3n) is 3.42. The molecule has 0 aliphatic carbocycles. The molecule has 0 aromatic rings. The lowest BCUT2D eigenvalue weighted by molar-refractivity contribution is -0.122. The minimum atomic E-state index is 0.0484. The van der Waals surface area contributed by atoms with Gasteiger partial charge in [-0.05, 0) is 45.1 Å². The zero-order chi connectivity index (χ0) is 11.2. The molecule has 2 heterocycles. The highest BCUT2D eigenvalue weighted by Crippen LogP contribution is 2.14. The Morgan fingerprint density at radius 3 is 2.94 bits per heavy atom. The molecule has 4 heteroatoms. The molecule has 92 valence electrons. The largest absolute Gasteiger partial charge is 0.378 e. The van der Waals surface area contributed by atoms with E-state index in [1.807, 2.05) is 0 Å². The number of nitrogens with one attached hydrogen (secondary N) is 2. The molecule has 2 rings (SSSR count). The maximum atomic E-state index is 11.7. The van der Waals surface area contributed by atoms with Crippen molar-refractivity contribution in [2.75, 3.05) is 19.7 Å². The molecule has 0 aromatic carbocycles. The van der Waals surface area contributed by atoms with Gasteiger partial charge in [-0.25, -0.2) is 0 Å². The van der Waals surface area contributed by atoms with Gasteiger partial charge in [0.15, 0.2) is 0 Å². The van der Waals surface area contributed by atoms with Crippen molar-refractivity contribution in [1.29, 1.82) is 0 Å². The second-order valence-electron chi connectivity index (χ2n) is 4.72. The second kappa shape index (κ2) is 6.21. The van der Waals surface area contributed by atoms with Crippen LogP contribution in [-0.4, -0.2) is 37.7 Å². The number of hydrogen-bond acceptors (Lipinski definition) is 3. The van der Waals surface area contributed by atoms with Crippen LogP contribution in [0.25, 0.3) is 0 Å². The Morgan fingerprint density at radius 2 is 2.25 bits per heavy atom. The predicted molar refractivity (Wildman–Crippen MR) is 62.2 cm³/mol. The molecule has 2 fully saturated rings. The molecule has 0 bridgehead atoms. The molecular formula is C12H22N2O2. The molecule has 1 amide bonds. The quantitative estimate of drug-likeness (QED) is 0.746. The van der Waals surface area contributed by atoms with Gasteiger partial charge in [0.05, 0.1) is 12.1 Å². The summed E-state index contributed by atoms with van der Waals surface area (Å²) in [6.07, 6.45) is 7.02. The van der Waals surface area contributed by atoms with E-state index >= 15 is 0 Å². The predicted octanol–water partition coefficient (Wildman–Crippen LogP) is 0.814. The molecule has 0 spiro atoms. The van der Waals surface area contributed by atoms with Crippen molar-refractivity contribution in [2.24, 2.45) is 0 Å². The molecule has 2 aliphatic heterocycles. The number of amides is 1. The lowest BCUT2D eigenvalue weighted by atomic mass is 10.1. The van der Waals surface area contributed by atoms with E-state index in [0.717, 1.165) is 45.4 Å². The summed E-state index contributed by atoms with van der Waals surface area (Å²) >= 11 is 0. The first kappa shape index (κ1) is 11.9. The second-order valence-corrected chi connectivity index (χ2v) is 4.72. The van der Waals surface area contributed by atoms with Crippen molar-refractivity contribution >= 4 is 5.91 Å². The van der Waals surface area contributed by atoms with Crippen molar-refractivity contribution in [3.05, 3.63) is 0 Å². The fourth-order valence-corrected chi connectivity index (χ4v) is 2.42. The lowest BCUT2D eigenvalue weighted by Gasteiger charge is -2.22. The molecule has 0 radical (unpaired) electrons. The third kappa shape index (κ3) is 3.46. The van der Waals surface area contributed by atoms with Gasteiger partial charge in [-0.1, -0.05) is 0 Å². The first-order valence-electron chi connectivity index (χ1n) is 6.49. The Bertz CT molecular complexity index is 221. The van der Waals surface area contributed by atoms with Crippen LogP contribution in [0.1, 0.15) is 38.5 Å². The van der Waals surface area contributed by atoms with Crippen molar-refractivity contribution < 1.29 is 9.53 Å². The van der Waals surface area contributed by atoms with Crippen LogP contribution in [0.15, 0.2) is 0 Å². The maximum absolute atomic E-state index is 11.7. The molecule has 2 atom stereocenters. The fraction of sp³-hybridized carbons (Fsp3) is 0.917. The van der Waals surface area contributed by atoms with Crippen molar-refractivity contribution in [3.63, 3.8) is 0 Å². The van der Waals surface area contributed by atoms with E-state index in [-0.39, 0.29) is 11.9 Å². The summed E-state index contributed by atoms with van der Waals surface area (Å²) < 4.78 is 5.62. The lowest BCUT2D eigenvalue weighted by Crippen LogP contribution is -2.41. The summed E-state index contributed by atoms with van der Waals surface area (Å²) in [7, 11) is 0. The normalized spacial score (nSPS) is 30.2. The zero-order valence-corrected chi connectivity index (χ0v) is 9.84. The summed E-state index contributed by atoms with van der Waals surface area (Å²) in [4.78, 5) is 11.7. The van der Waals surface area contributed by atoms with E-state index in [0.29, 0.717) is 6.10 Å². The fourth-order valence-electron chi connectivity index (χ4n) is 2.42. The van der Waals surface area contributed by atoms with Crippen molar-refractivity contribution in [1.82, 2.24) is 10.6 Å². The minimum Gasteiger partial charge on any atom is -0.378 e. The standard InChI is InChI=1S/C12H22N2O2/c15-12(11-5-3-7-13-11)14-8-6-10-4-1-2-9-16-10/h10-11,13H,1-9H2,(H,14,15)/t10?,11-/m1/s1. The van der Waals surface area contributed by atoms with E-state index < -0.39 is 0 Å². The van der Waals surface area contributed by atoms with Crippen LogP contribution in [0.4, 0.5) is 0 Å². The number of ether oxygens (including phenoxy) is 1. The monoisotopic (exact) mass is 226 g/mol. The number of carbonyl (C=O) groups excluding carboxylic acids is 1. The molecule has 1 unspecified atom stereocenters. The highest BCUT2D eigenvalue weighted by Gasteiger charge is 2.21. The third-order valence-corrected chi connectivity index (χ3v) is 3.42. The molecule has 2 N–H and O–H groups in total. The number of carbonyl (C=O) groups is 1. The van der Waals surface area contributed by atoms with E-state index in [1.54, 1.807) is 0 Å². The van der Waals surface area contributed by atoms with E-state index in [2.05, 4.69) is 10.6 Å². The molecule has 0 saturated carbocycles. The van der Waals surface area contributed by atoms with Crippen LogP contribution in [-0.2, 0) is 9.53 Å². The van der Waals surface area contributed by atoms with Gasteiger partial charge < -0.3 is 15.4 Å². The van der Waals surface area contributed by atoms with Gasteiger partial charge in [-0.3, -0.25) is 4.79 Å². The molecule has 4 nitrogen and oxygen atoms in total. The Hall–Kier alpha value is -0.610. The van der Waals surface area contributed by atoms with Crippen molar-refractivity contribution in [3.8, 4) is 0 Å². The maximum Gasteiger partial charge on any atom is 0.237 e. The summed E-state index contributed by atoms with van der Waals surface area (Å²) in [5.41, 5.74) is 0. The first-order valence-corrected chi connectivity index (χ1v) is 6.49. The average Bonchev–Trinajstić information content (AvgIpc) is 2.84. The molecule has 16 heavy (non-hydrogen) atoms. The Balaban J connectivity index is 1.57. The topological polar surface area (TPSA) is 50.4 Å². The van der Waals surface area contributed by atoms with Crippen LogP contribution in [0, 0.1) is 0 Å². The molecule has 2 saturated heterocycles. The number of rotatable bonds is 4. The first-order chi connectivity index (χ1) is 7.86. The van der Waals surface area contributed by atoms with Gasteiger partial charge in [0.1, 0.15) is 0 Å². The van der Waals surface area contributed by atoms with Gasteiger partial charge in [0, 0.05) is 13.2 Å². The summed E-state index contributed by atoms with van der Waals surface area (Å²) in [6.45, 7) is 2.62. The highest BCUT2D eigenvalue weighted by atomic mass is 16.5. The number of hydrogen-bond donors (Lipinski definition) is 2. The van der Waals surface area contributed by atoms with Gasteiger partial charge in [-0.15, -0.1) is 0 Å². The molecular weight excluding hydrogens is 204 g/mol. The van der Waals surface area contributed by atoms with Gasteiger partial charge in [0.25, 0.3) is 0 Å². The Labute approximate surface area is 97.1 Å². The van der Waals surface area contributed by atoms with Gasteiger partial charge >= 0.3 is 0 Å². The SMILES string of the molecule is O=C(NCCC1CCCCO1)[C@H]1CCCN1. The van der Waals surface area contributed by atoms with E-state index in [4.69, 9.17) is 4.74 Å². The minimum absolute atomic E-state index is 0.0484. The smallest absolute Gasteiger partial charge is 0.237 e. The zero-order valence-electron chi connectivity index (χ0n) is 9.84. The van der Waals surface area contributed by atoms with E-state index in [1.165, 1.54) is 12.8 Å². The summed E-state index contributed by atoms with van der Waals surface area (Å²) in [6, 6.07) is 0.0484. The van der Waals surface area contributed by atoms with Crippen LogP contribution in [0.3, 0.4) is 0 Å².